The Labute approximate surface area is 179 Å². The van der Waals surface area contributed by atoms with Crippen LogP contribution >= 0.6 is 11.6 Å². The summed E-state index contributed by atoms with van der Waals surface area (Å²) in [5.41, 5.74) is 2.33. The zero-order valence-corrected chi connectivity index (χ0v) is 17.2. The first-order valence-electron chi connectivity index (χ1n) is 9.25. The van der Waals surface area contributed by atoms with Gasteiger partial charge in [-0.1, -0.05) is 35.9 Å². The molecule has 0 aliphatic carbocycles. The van der Waals surface area contributed by atoms with E-state index < -0.39 is 30.4 Å². The van der Waals surface area contributed by atoms with E-state index in [9.17, 15) is 20.1 Å². The molecule has 0 spiro atoms. The van der Waals surface area contributed by atoms with Gasteiger partial charge in [0.2, 0.25) is 0 Å². The molecule has 1 heterocycles. The predicted octanol–water partition coefficient (Wildman–Crippen LogP) is 2.15. The van der Waals surface area contributed by atoms with Crippen molar-refractivity contribution in [1.82, 2.24) is 0 Å². The molecular weight excluding hydrogens is 412 g/mol. The van der Waals surface area contributed by atoms with E-state index in [1.54, 1.807) is 25.3 Å². The zero-order valence-electron chi connectivity index (χ0n) is 16.5. The van der Waals surface area contributed by atoms with Gasteiger partial charge in [0.05, 0.1) is 20.3 Å². The highest BCUT2D eigenvalue weighted by Crippen LogP contribution is 2.36. The number of methoxy groups -OCH3 is 2. The fourth-order valence-electron chi connectivity index (χ4n) is 3.25. The molecule has 1 unspecified atom stereocenters. The van der Waals surface area contributed by atoms with E-state index in [0.717, 1.165) is 23.0 Å². The highest BCUT2D eigenvalue weighted by molar-refractivity contribution is 6.31. The summed E-state index contributed by atoms with van der Waals surface area (Å²) >= 11 is 6.36. The lowest BCUT2D eigenvalue weighted by Gasteiger charge is -2.37. The van der Waals surface area contributed by atoms with E-state index in [0.29, 0.717) is 17.0 Å². The molecule has 4 atom stereocenters. The summed E-state index contributed by atoms with van der Waals surface area (Å²) in [6.45, 7) is 0. The summed E-state index contributed by atoms with van der Waals surface area (Å²) in [6, 6.07) is 12.6. The maximum atomic E-state index is 11.5. The molecule has 0 saturated carbocycles. The van der Waals surface area contributed by atoms with Crippen molar-refractivity contribution >= 4 is 17.6 Å². The molecule has 3 N–H and O–H groups in total. The molecule has 1 saturated heterocycles. The minimum Gasteiger partial charge on any atom is -0.497 e. The Hall–Kier alpha value is -2.58. The summed E-state index contributed by atoms with van der Waals surface area (Å²) in [6.07, 6.45) is -4.05. The van der Waals surface area contributed by atoms with Crippen molar-refractivity contribution < 1.29 is 34.3 Å². The molecule has 0 radical (unpaired) electrons. The van der Waals surface area contributed by atoms with Gasteiger partial charge in [0.25, 0.3) is 0 Å². The van der Waals surface area contributed by atoms with Crippen LogP contribution < -0.4 is 4.74 Å². The van der Waals surface area contributed by atoms with Gasteiger partial charge in [-0.2, -0.15) is 0 Å². The smallest absolute Gasteiger partial charge is 0.333 e. The van der Waals surface area contributed by atoms with E-state index in [1.807, 2.05) is 24.3 Å². The lowest BCUT2D eigenvalue weighted by Crippen LogP contribution is -2.48. The molecule has 2 aromatic carbocycles. The van der Waals surface area contributed by atoms with Crippen LogP contribution in [0.25, 0.3) is 0 Å². The number of aliphatic hydroxyl groups excluding tert-OH is 3. The van der Waals surface area contributed by atoms with Crippen LogP contribution in [-0.2, 0) is 20.7 Å². The van der Waals surface area contributed by atoms with Gasteiger partial charge < -0.3 is 29.5 Å². The summed E-state index contributed by atoms with van der Waals surface area (Å²) in [5, 5.41) is 31.3. The zero-order chi connectivity index (χ0) is 21.8. The number of carbonyl (C=O) groups excluding carboxylic acids is 1. The molecule has 1 aliphatic rings. The summed E-state index contributed by atoms with van der Waals surface area (Å²) in [4.78, 5) is 11.5. The molecule has 30 heavy (non-hydrogen) atoms. The van der Waals surface area contributed by atoms with E-state index in [-0.39, 0.29) is 5.76 Å². The minimum absolute atomic E-state index is 0.184. The lowest BCUT2D eigenvalue weighted by atomic mass is 9.91. The van der Waals surface area contributed by atoms with Crippen molar-refractivity contribution in [3.8, 4) is 5.75 Å². The fraction of sp³-hybridized carbons (Fsp3) is 0.318. The number of hydrogen-bond acceptors (Lipinski definition) is 7. The van der Waals surface area contributed by atoms with Gasteiger partial charge in [0, 0.05) is 5.02 Å². The molecule has 7 nitrogen and oxygen atoms in total. The van der Waals surface area contributed by atoms with Crippen molar-refractivity contribution in [3.63, 3.8) is 0 Å². The molecule has 1 aliphatic heterocycles. The first kappa shape index (κ1) is 22.1. The van der Waals surface area contributed by atoms with Gasteiger partial charge in [-0.3, -0.25) is 0 Å². The second-order valence-corrected chi connectivity index (χ2v) is 7.32. The molecule has 8 heteroatoms. The standard InChI is InChI=1S/C22H23ClO7/c1-28-15-6-3-12(4-7-15)9-14-10-13(5-8-16(14)23)22-21(27)20(26)19(25)17(30-22)11-18(24)29-2/h3-8,10-11,19-22,25-27H,9H2,1-2H3/b17-11-/t19-,20?,21-,22+/m1/s1. The maximum Gasteiger partial charge on any atom is 0.333 e. The first-order chi connectivity index (χ1) is 14.3. The number of hydrogen-bond donors (Lipinski definition) is 3. The van der Waals surface area contributed by atoms with Crippen LogP contribution in [0.15, 0.2) is 54.3 Å². The Morgan fingerprint density at radius 3 is 2.43 bits per heavy atom. The second-order valence-electron chi connectivity index (χ2n) is 6.91. The van der Waals surface area contributed by atoms with E-state index in [4.69, 9.17) is 21.1 Å². The predicted molar refractivity (Wildman–Crippen MR) is 109 cm³/mol. The molecule has 0 amide bonds. The van der Waals surface area contributed by atoms with Crippen LogP contribution in [0.5, 0.6) is 5.75 Å². The molecule has 0 aromatic heterocycles. The number of aliphatic hydroxyl groups is 3. The van der Waals surface area contributed by atoms with E-state index in [1.165, 1.54) is 7.11 Å². The first-order valence-corrected chi connectivity index (χ1v) is 9.63. The van der Waals surface area contributed by atoms with E-state index in [2.05, 4.69) is 4.74 Å². The van der Waals surface area contributed by atoms with Crippen molar-refractivity contribution in [2.75, 3.05) is 14.2 Å². The normalized spacial score (nSPS) is 24.9. The monoisotopic (exact) mass is 434 g/mol. The number of carbonyl (C=O) groups is 1. The van der Waals surface area contributed by atoms with Crippen LogP contribution in [0, 0.1) is 0 Å². The molecule has 0 bridgehead atoms. The Morgan fingerprint density at radius 2 is 1.80 bits per heavy atom. The Morgan fingerprint density at radius 1 is 1.10 bits per heavy atom. The van der Waals surface area contributed by atoms with Crippen molar-refractivity contribution in [3.05, 3.63) is 76.0 Å². The minimum atomic E-state index is -1.55. The quantitative estimate of drug-likeness (QED) is 0.489. The number of halogens is 1. The highest BCUT2D eigenvalue weighted by atomic mass is 35.5. The Bertz CT molecular complexity index is 926. The molecular formula is C22H23ClO7. The Balaban J connectivity index is 1.89. The van der Waals surface area contributed by atoms with Crippen molar-refractivity contribution in [2.45, 2.75) is 30.8 Å². The third-order valence-corrected chi connectivity index (χ3v) is 5.32. The van der Waals surface area contributed by atoms with Crippen LogP contribution in [0.2, 0.25) is 5.02 Å². The third-order valence-electron chi connectivity index (χ3n) is 4.95. The topological polar surface area (TPSA) is 105 Å². The van der Waals surface area contributed by atoms with Gasteiger partial charge in [0.1, 0.15) is 29.8 Å². The van der Waals surface area contributed by atoms with Crippen LogP contribution in [0.3, 0.4) is 0 Å². The highest BCUT2D eigenvalue weighted by Gasteiger charge is 2.42. The Kier molecular flexibility index (Phi) is 6.99. The van der Waals surface area contributed by atoms with Crippen molar-refractivity contribution in [2.24, 2.45) is 0 Å². The largest absolute Gasteiger partial charge is 0.497 e. The van der Waals surface area contributed by atoms with Crippen LogP contribution in [0.4, 0.5) is 0 Å². The molecule has 1 fully saturated rings. The molecule has 2 aromatic rings. The van der Waals surface area contributed by atoms with Gasteiger partial charge in [-0.15, -0.1) is 0 Å². The summed E-state index contributed by atoms with van der Waals surface area (Å²) in [7, 11) is 2.78. The molecule has 160 valence electrons. The van der Waals surface area contributed by atoms with Gasteiger partial charge in [-0.25, -0.2) is 4.79 Å². The second kappa shape index (κ2) is 9.49. The summed E-state index contributed by atoms with van der Waals surface area (Å²) in [5.74, 6) is -0.186. The number of benzene rings is 2. The molecule has 3 rings (SSSR count). The fourth-order valence-corrected chi connectivity index (χ4v) is 3.43. The number of rotatable bonds is 5. The maximum absolute atomic E-state index is 11.5. The third kappa shape index (κ3) is 4.76. The average molecular weight is 435 g/mol. The van der Waals surface area contributed by atoms with E-state index >= 15 is 0 Å². The van der Waals surface area contributed by atoms with Crippen LogP contribution in [-0.4, -0.2) is 53.8 Å². The van der Waals surface area contributed by atoms with Crippen molar-refractivity contribution in [1.29, 1.82) is 0 Å². The van der Waals surface area contributed by atoms with Gasteiger partial charge >= 0.3 is 5.97 Å². The number of ether oxygens (including phenoxy) is 3. The van der Waals surface area contributed by atoms with Gasteiger partial charge in [0.15, 0.2) is 6.10 Å². The lowest BCUT2D eigenvalue weighted by molar-refractivity contribution is -0.159. The number of esters is 1. The summed E-state index contributed by atoms with van der Waals surface area (Å²) < 4.78 is 15.4. The SMILES string of the molecule is COC(=O)/C=C1\O[C@@H](c2ccc(Cl)c(Cc3ccc(OC)cc3)c2)[C@H](O)C(O)[C@@H]1O. The average Bonchev–Trinajstić information content (AvgIpc) is 2.76. The van der Waals surface area contributed by atoms with Gasteiger partial charge in [-0.05, 0) is 41.3 Å². The van der Waals surface area contributed by atoms with Crippen LogP contribution in [0.1, 0.15) is 22.8 Å².